The van der Waals surface area contributed by atoms with Gasteiger partial charge < -0.3 is 14.8 Å². The first-order valence-electron chi connectivity index (χ1n) is 7.39. The molecule has 0 aromatic heterocycles. The summed E-state index contributed by atoms with van der Waals surface area (Å²) < 4.78 is 10.3. The molecule has 1 N–H and O–H groups in total. The number of rotatable bonds is 6. The molecule has 0 atom stereocenters. The number of amides is 1. The van der Waals surface area contributed by atoms with Crippen LogP contribution in [0.1, 0.15) is 20.3 Å². The number of benzene rings is 1. The standard InChI is InChI=1S/C16H22N2O4/c1-11(2)6-7-22-16(20)10-18-14-5-4-12(21-3)8-13(14)17-9-15(18)19/h4-5,8,11,17H,6-7,9-10H2,1-3H3. The van der Waals surface area contributed by atoms with Gasteiger partial charge in [-0.25, -0.2) is 0 Å². The Morgan fingerprint density at radius 2 is 2.18 bits per heavy atom. The van der Waals surface area contributed by atoms with Gasteiger partial charge in [0.25, 0.3) is 0 Å². The summed E-state index contributed by atoms with van der Waals surface area (Å²) in [6.45, 7) is 4.60. The molecule has 1 aromatic carbocycles. The van der Waals surface area contributed by atoms with Gasteiger partial charge in [-0.2, -0.15) is 0 Å². The van der Waals surface area contributed by atoms with Crippen LogP contribution >= 0.6 is 0 Å². The van der Waals surface area contributed by atoms with Crippen LogP contribution in [0.4, 0.5) is 11.4 Å². The molecule has 0 saturated heterocycles. The molecular weight excluding hydrogens is 284 g/mol. The third-order valence-corrected chi connectivity index (χ3v) is 3.47. The minimum atomic E-state index is -0.391. The number of hydrogen-bond acceptors (Lipinski definition) is 5. The molecule has 2 rings (SSSR count). The molecule has 0 unspecified atom stereocenters. The summed E-state index contributed by atoms with van der Waals surface area (Å²) >= 11 is 0. The highest BCUT2D eigenvalue weighted by Crippen LogP contribution is 2.32. The number of nitrogens with zero attached hydrogens (tertiary/aromatic N) is 1. The molecule has 0 bridgehead atoms. The van der Waals surface area contributed by atoms with Crippen LogP contribution in [0.15, 0.2) is 18.2 Å². The fourth-order valence-electron chi connectivity index (χ4n) is 2.18. The number of fused-ring (bicyclic) bond motifs is 1. The molecule has 0 fully saturated rings. The lowest BCUT2D eigenvalue weighted by Gasteiger charge is -2.29. The zero-order valence-electron chi connectivity index (χ0n) is 13.2. The highest BCUT2D eigenvalue weighted by atomic mass is 16.5. The van der Waals surface area contributed by atoms with Crippen LogP contribution in [0.3, 0.4) is 0 Å². The van der Waals surface area contributed by atoms with Gasteiger partial charge in [-0.15, -0.1) is 0 Å². The van der Waals surface area contributed by atoms with Crippen LogP contribution in [0.2, 0.25) is 0 Å². The van der Waals surface area contributed by atoms with Crippen molar-refractivity contribution in [1.29, 1.82) is 0 Å². The number of methoxy groups -OCH3 is 1. The Kier molecular flexibility index (Phi) is 5.25. The quantitative estimate of drug-likeness (QED) is 0.815. The van der Waals surface area contributed by atoms with E-state index in [2.05, 4.69) is 19.2 Å². The lowest BCUT2D eigenvalue weighted by Crippen LogP contribution is -2.43. The third kappa shape index (κ3) is 3.90. The molecule has 0 saturated carbocycles. The summed E-state index contributed by atoms with van der Waals surface area (Å²) in [5, 5.41) is 3.03. The number of esters is 1. The predicted molar refractivity (Wildman–Crippen MR) is 84.3 cm³/mol. The van der Waals surface area contributed by atoms with Gasteiger partial charge in [-0.3, -0.25) is 14.5 Å². The van der Waals surface area contributed by atoms with Crippen molar-refractivity contribution < 1.29 is 19.1 Å². The highest BCUT2D eigenvalue weighted by Gasteiger charge is 2.26. The molecule has 6 nitrogen and oxygen atoms in total. The zero-order chi connectivity index (χ0) is 16.1. The largest absolute Gasteiger partial charge is 0.497 e. The zero-order valence-corrected chi connectivity index (χ0v) is 13.2. The van der Waals surface area contributed by atoms with Crippen LogP contribution < -0.4 is 15.0 Å². The van der Waals surface area contributed by atoms with Gasteiger partial charge in [0.2, 0.25) is 5.91 Å². The Labute approximate surface area is 130 Å². The van der Waals surface area contributed by atoms with E-state index in [0.717, 1.165) is 12.1 Å². The fraction of sp³-hybridized carbons (Fsp3) is 0.500. The van der Waals surface area contributed by atoms with E-state index in [1.54, 1.807) is 25.3 Å². The van der Waals surface area contributed by atoms with Gasteiger partial charge in [0.05, 0.1) is 31.6 Å². The lowest BCUT2D eigenvalue weighted by atomic mass is 10.1. The van der Waals surface area contributed by atoms with Crippen molar-refractivity contribution in [2.24, 2.45) is 5.92 Å². The Bertz CT molecular complexity index is 557. The molecule has 6 heteroatoms. The average molecular weight is 306 g/mol. The van der Waals surface area contributed by atoms with Crippen LogP contribution in [-0.4, -0.2) is 38.7 Å². The van der Waals surface area contributed by atoms with Gasteiger partial charge >= 0.3 is 5.97 Å². The molecular formula is C16H22N2O4. The minimum absolute atomic E-state index is 0.0715. The monoisotopic (exact) mass is 306 g/mol. The van der Waals surface area contributed by atoms with E-state index in [-0.39, 0.29) is 19.0 Å². The Balaban J connectivity index is 2.04. The number of ether oxygens (including phenoxy) is 2. The van der Waals surface area contributed by atoms with Crippen LogP contribution in [0.5, 0.6) is 5.75 Å². The molecule has 1 amide bonds. The highest BCUT2D eigenvalue weighted by molar-refractivity contribution is 6.05. The summed E-state index contributed by atoms with van der Waals surface area (Å²) in [5.41, 5.74) is 1.44. The van der Waals surface area contributed by atoms with Crippen LogP contribution in [-0.2, 0) is 14.3 Å². The second-order valence-corrected chi connectivity index (χ2v) is 5.62. The number of carbonyl (C=O) groups is 2. The summed E-state index contributed by atoms with van der Waals surface area (Å²) in [7, 11) is 1.58. The van der Waals surface area contributed by atoms with Crippen LogP contribution in [0, 0.1) is 5.92 Å². The summed E-state index contributed by atoms with van der Waals surface area (Å²) in [6, 6.07) is 5.33. The molecule has 1 aliphatic heterocycles. The lowest BCUT2D eigenvalue weighted by molar-refractivity contribution is -0.143. The molecule has 120 valence electrons. The second-order valence-electron chi connectivity index (χ2n) is 5.62. The van der Waals surface area contributed by atoms with Crippen molar-refractivity contribution in [2.75, 3.05) is 37.0 Å². The van der Waals surface area contributed by atoms with E-state index in [9.17, 15) is 9.59 Å². The predicted octanol–water partition coefficient (Wildman–Crippen LogP) is 2.04. The van der Waals surface area contributed by atoms with Crippen molar-refractivity contribution in [3.8, 4) is 5.75 Å². The van der Waals surface area contributed by atoms with Gasteiger partial charge in [-0.1, -0.05) is 13.8 Å². The fourth-order valence-corrected chi connectivity index (χ4v) is 2.18. The number of nitrogens with one attached hydrogen (secondary N) is 1. The number of anilines is 2. The second kappa shape index (κ2) is 7.15. The van der Waals surface area contributed by atoms with E-state index in [4.69, 9.17) is 9.47 Å². The molecule has 1 aliphatic rings. The van der Waals surface area contributed by atoms with Crippen LogP contribution in [0.25, 0.3) is 0 Å². The molecule has 22 heavy (non-hydrogen) atoms. The summed E-state index contributed by atoms with van der Waals surface area (Å²) in [5.74, 6) is 0.623. The van der Waals surface area contributed by atoms with Crippen molar-refractivity contribution in [3.05, 3.63) is 18.2 Å². The number of carbonyl (C=O) groups excluding carboxylic acids is 2. The molecule has 0 radical (unpaired) electrons. The Hall–Kier alpha value is -2.24. The van der Waals surface area contributed by atoms with E-state index < -0.39 is 5.97 Å². The maximum absolute atomic E-state index is 12.1. The Morgan fingerprint density at radius 1 is 1.41 bits per heavy atom. The average Bonchev–Trinajstić information content (AvgIpc) is 2.49. The molecule has 0 aliphatic carbocycles. The topological polar surface area (TPSA) is 67.9 Å². The Morgan fingerprint density at radius 3 is 2.86 bits per heavy atom. The van der Waals surface area contributed by atoms with Gasteiger partial charge in [0.1, 0.15) is 12.3 Å². The van der Waals surface area contributed by atoms with E-state index in [1.807, 2.05) is 0 Å². The van der Waals surface area contributed by atoms with Gasteiger partial charge in [0, 0.05) is 6.07 Å². The van der Waals surface area contributed by atoms with E-state index in [1.165, 1.54) is 4.90 Å². The van der Waals surface area contributed by atoms with Crippen molar-refractivity contribution in [1.82, 2.24) is 0 Å². The van der Waals surface area contributed by atoms with Crippen molar-refractivity contribution in [3.63, 3.8) is 0 Å². The number of hydrogen-bond donors (Lipinski definition) is 1. The minimum Gasteiger partial charge on any atom is -0.497 e. The third-order valence-electron chi connectivity index (χ3n) is 3.47. The summed E-state index contributed by atoms with van der Waals surface area (Å²) in [4.78, 5) is 25.4. The maximum Gasteiger partial charge on any atom is 0.326 e. The van der Waals surface area contributed by atoms with Crippen molar-refractivity contribution in [2.45, 2.75) is 20.3 Å². The molecule has 0 spiro atoms. The SMILES string of the molecule is COc1ccc2c(c1)NCC(=O)N2CC(=O)OCCC(C)C. The molecule has 1 heterocycles. The first-order valence-corrected chi connectivity index (χ1v) is 7.39. The molecule has 1 aromatic rings. The van der Waals surface area contributed by atoms with Gasteiger partial charge in [0.15, 0.2) is 0 Å². The first-order chi connectivity index (χ1) is 10.5. The smallest absolute Gasteiger partial charge is 0.326 e. The normalized spacial score (nSPS) is 13.6. The first kappa shape index (κ1) is 16.1. The van der Waals surface area contributed by atoms with E-state index >= 15 is 0 Å². The van der Waals surface area contributed by atoms with E-state index in [0.29, 0.717) is 24.0 Å². The summed E-state index contributed by atoms with van der Waals surface area (Å²) in [6.07, 6.45) is 0.815. The van der Waals surface area contributed by atoms with Gasteiger partial charge in [-0.05, 0) is 24.5 Å². The maximum atomic E-state index is 12.1. The van der Waals surface area contributed by atoms with Crippen molar-refractivity contribution >= 4 is 23.3 Å².